The molecule has 0 bridgehead atoms. The maximum atomic E-state index is 13.4. The number of nitrogens with two attached hydrogens (primary N) is 1. The number of nitrogen functional groups attached to an aromatic ring is 1. The van der Waals surface area contributed by atoms with Gasteiger partial charge in [-0.2, -0.15) is 0 Å². The molecule has 0 aliphatic heterocycles. The number of halogens is 3. The van der Waals surface area contributed by atoms with Crippen LogP contribution in [0.5, 0.6) is 0 Å². The molecule has 16 heavy (non-hydrogen) atoms. The lowest BCUT2D eigenvalue weighted by atomic mass is 10.1. The summed E-state index contributed by atoms with van der Waals surface area (Å²) in [4.78, 5) is 0. The van der Waals surface area contributed by atoms with Crippen molar-refractivity contribution < 1.29 is 4.39 Å². The van der Waals surface area contributed by atoms with Gasteiger partial charge in [0.25, 0.3) is 0 Å². The Kier molecular flexibility index (Phi) is 3.03. The van der Waals surface area contributed by atoms with E-state index in [4.69, 9.17) is 28.9 Å². The van der Waals surface area contributed by atoms with Crippen LogP contribution in [0.1, 0.15) is 0 Å². The summed E-state index contributed by atoms with van der Waals surface area (Å²) in [5.74, 6) is -0.539. The molecule has 0 atom stereocenters. The van der Waals surface area contributed by atoms with Gasteiger partial charge in [0.1, 0.15) is 5.82 Å². The normalized spacial score (nSPS) is 10.4. The summed E-state index contributed by atoms with van der Waals surface area (Å²) in [5, 5.41) is 0.734. The molecule has 82 valence electrons. The van der Waals surface area contributed by atoms with Gasteiger partial charge < -0.3 is 5.73 Å². The van der Waals surface area contributed by atoms with Crippen LogP contribution in [-0.2, 0) is 0 Å². The van der Waals surface area contributed by atoms with Gasteiger partial charge in [0.15, 0.2) is 0 Å². The zero-order valence-electron chi connectivity index (χ0n) is 8.18. The third-order valence-corrected chi connectivity index (χ3v) is 2.91. The predicted molar refractivity (Wildman–Crippen MR) is 66.3 cm³/mol. The molecule has 0 saturated heterocycles. The van der Waals surface area contributed by atoms with Crippen LogP contribution in [0, 0.1) is 5.82 Å². The molecule has 0 aromatic heterocycles. The highest BCUT2D eigenvalue weighted by atomic mass is 35.5. The van der Waals surface area contributed by atoms with E-state index in [-0.39, 0.29) is 10.7 Å². The highest BCUT2D eigenvalue weighted by molar-refractivity contribution is 6.34. The highest BCUT2D eigenvalue weighted by Crippen LogP contribution is 2.33. The number of anilines is 1. The molecule has 4 heteroatoms. The maximum Gasteiger partial charge on any atom is 0.148 e. The first kappa shape index (κ1) is 11.2. The molecule has 0 aliphatic carbocycles. The van der Waals surface area contributed by atoms with Gasteiger partial charge in [0.2, 0.25) is 0 Å². The van der Waals surface area contributed by atoms with Crippen molar-refractivity contribution in [3.8, 4) is 11.1 Å². The van der Waals surface area contributed by atoms with E-state index in [0.29, 0.717) is 10.6 Å². The molecule has 0 heterocycles. The first-order valence-corrected chi connectivity index (χ1v) is 5.34. The quantitative estimate of drug-likeness (QED) is 0.752. The Labute approximate surface area is 103 Å². The summed E-state index contributed by atoms with van der Waals surface area (Å²) in [5.41, 5.74) is 6.72. The highest BCUT2D eigenvalue weighted by Gasteiger charge is 2.09. The van der Waals surface area contributed by atoms with E-state index in [1.807, 2.05) is 6.07 Å². The molecule has 2 aromatic carbocycles. The lowest BCUT2D eigenvalue weighted by Gasteiger charge is -2.07. The van der Waals surface area contributed by atoms with Gasteiger partial charge >= 0.3 is 0 Å². The molecule has 0 amide bonds. The van der Waals surface area contributed by atoms with E-state index in [9.17, 15) is 4.39 Å². The number of rotatable bonds is 1. The first-order chi connectivity index (χ1) is 7.59. The van der Waals surface area contributed by atoms with Crippen LogP contribution >= 0.6 is 23.2 Å². The Morgan fingerprint density at radius 1 is 1.00 bits per heavy atom. The topological polar surface area (TPSA) is 26.0 Å². The summed E-state index contributed by atoms with van der Waals surface area (Å²) in [7, 11) is 0. The minimum Gasteiger partial charge on any atom is -0.395 e. The second kappa shape index (κ2) is 4.32. The van der Waals surface area contributed by atoms with Crippen LogP contribution < -0.4 is 5.73 Å². The fraction of sp³-hybridized carbons (Fsp3) is 0. The van der Waals surface area contributed by atoms with Crippen LogP contribution in [0.15, 0.2) is 36.4 Å². The van der Waals surface area contributed by atoms with Crippen LogP contribution in [0.25, 0.3) is 11.1 Å². The van der Waals surface area contributed by atoms with Crippen molar-refractivity contribution in [1.82, 2.24) is 0 Å². The van der Waals surface area contributed by atoms with Crippen molar-refractivity contribution in [3.05, 3.63) is 52.3 Å². The van der Waals surface area contributed by atoms with Gasteiger partial charge in [-0.25, -0.2) is 4.39 Å². The second-order valence-electron chi connectivity index (χ2n) is 3.33. The van der Waals surface area contributed by atoms with Crippen molar-refractivity contribution in [3.63, 3.8) is 0 Å². The van der Waals surface area contributed by atoms with E-state index < -0.39 is 5.82 Å². The zero-order chi connectivity index (χ0) is 11.7. The molecular weight excluding hydrogens is 248 g/mol. The summed E-state index contributed by atoms with van der Waals surface area (Å²) in [6.45, 7) is 0. The van der Waals surface area contributed by atoms with Crippen molar-refractivity contribution >= 4 is 28.9 Å². The lowest BCUT2D eigenvalue weighted by molar-refractivity contribution is 0.633. The van der Waals surface area contributed by atoms with E-state index in [1.54, 1.807) is 24.3 Å². The van der Waals surface area contributed by atoms with Crippen molar-refractivity contribution in [2.24, 2.45) is 0 Å². The van der Waals surface area contributed by atoms with Crippen molar-refractivity contribution in [2.75, 3.05) is 5.73 Å². The van der Waals surface area contributed by atoms with Crippen LogP contribution in [0.4, 0.5) is 10.1 Å². The van der Waals surface area contributed by atoms with E-state index >= 15 is 0 Å². The largest absolute Gasteiger partial charge is 0.395 e. The van der Waals surface area contributed by atoms with Crippen molar-refractivity contribution in [2.45, 2.75) is 0 Å². The Hall–Kier alpha value is -1.25. The minimum atomic E-state index is -0.539. The fourth-order valence-electron chi connectivity index (χ4n) is 1.44. The Bertz CT molecular complexity index is 517. The molecule has 0 spiro atoms. The van der Waals surface area contributed by atoms with Gasteiger partial charge in [-0.3, -0.25) is 0 Å². The summed E-state index contributed by atoms with van der Waals surface area (Å²) in [6, 6.07) is 10.1. The molecule has 2 rings (SSSR count). The molecule has 2 N–H and O–H groups in total. The second-order valence-corrected chi connectivity index (χ2v) is 4.15. The molecule has 0 saturated carbocycles. The summed E-state index contributed by atoms with van der Waals surface area (Å²) in [6.07, 6.45) is 0. The Balaban J connectivity index is 2.62. The predicted octanol–water partition coefficient (Wildman–Crippen LogP) is 4.38. The number of hydrogen-bond donors (Lipinski definition) is 1. The van der Waals surface area contributed by atoms with E-state index in [0.717, 1.165) is 5.56 Å². The molecule has 0 aliphatic rings. The summed E-state index contributed by atoms with van der Waals surface area (Å²) >= 11 is 11.8. The third-order valence-electron chi connectivity index (χ3n) is 2.26. The monoisotopic (exact) mass is 255 g/mol. The maximum absolute atomic E-state index is 13.4. The van der Waals surface area contributed by atoms with Crippen LogP contribution in [0.3, 0.4) is 0 Å². The van der Waals surface area contributed by atoms with Crippen molar-refractivity contribution in [1.29, 1.82) is 0 Å². The Morgan fingerprint density at radius 2 is 1.69 bits per heavy atom. The van der Waals surface area contributed by atoms with Gasteiger partial charge in [0.05, 0.1) is 10.7 Å². The summed E-state index contributed by atoms with van der Waals surface area (Å²) < 4.78 is 13.4. The van der Waals surface area contributed by atoms with Crippen LogP contribution in [-0.4, -0.2) is 0 Å². The molecule has 1 nitrogen and oxygen atoms in total. The standard InChI is InChI=1S/C12H8Cl2FN/c13-9-4-2-1-3-8(9)7-5-10(14)12(16)11(15)6-7/h1-6H,16H2. The molecule has 2 aromatic rings. The SMILES string of the molecule is Nc1c(F)cc(-c2ccccc2Cl)cc1Cl. The number of benzene rings is 2. The average molecular weight is 256 g/mol. The zero-order valence-corrected chi connectivity index (χ0v) is 9.69. The van der Waals surface area contributed by atoms with E-state index in [2.05, 4.69) is 0 Å². The van der Waals surface area contributed by atoms with E-state index in [1.165, 1.54) is 6.07 Å². The average Bonchev–Trinajstić information content (AvgIpc) is 2.26. The number of hydrogen-bond acceptors (Lipinski definition) is 1. The van der Waals surface area contributed by atoms with Gasteiger partial charge in [-0.05, 0) is 23.8 Å². The van der Waals surface area contributed by atoms with Gasteiger partial charge in [-0.1, -0.05) is 41.4 Å². The molecule has 0 radical (unpaired) electrons. The molecule has 0 fully saturated rings. The van der Waals surface area contributed by atoms with Crippen LogP contribution in [0.2, 0.25) is 10.0 Å². The molecule has 0 unspecified atom stereocenters. The molecular formula is C12H8Cl2FN. The third kappa shape index (κ3) is 1.99. The fourth-order valence-corrected chi connectivity index (χ4v) is 1.89. The Morgan fingerprint density at radius 3 is 2.31 bits per heavy atom. The smallest absolute Gasteiger partial charge is 0.148 e. The minimum absolute atomic E-state index is 0.0440. The lowest BCUT2D eigenvalue weighted by Crippen LogP contribution is -1.92. The first-order valence-electron chi connectivity index (χ1n) is 4.59. The van der Waals surface area contributed by atoms with Gasteiger partial charge in [0, 0.05) is 10.6 Å². The van der Waals surface area contributed by atoms with Gasteiger partial charge in [-0.15, -0.1) is 0 Å².